The third-order valence-electron chi connectivity index (χ3n) is 5.50. The lowest BCUT2D eigenvalue weighted by atomic mass is 9.92. The van der Waals surface area contributed by atoms with Crippen LogP contribution in [0.3, 0.4) is 0 Å². The lowest BCUT2D eigenvalue weighted by Gasteiger charge is -2.30. The number of ether oxygens (including phenoxy) is 1. The Balaban J connectivity index is 1.40. The van der Waals surface area contributed by atoms with Gasteiger partial charge in [-0.3, -0.25) is 4.79 Å². The molecule has 1 amide bonds. The van der Waals surface area contributed by atoms with E-state index in [2.05, 4.69) is 20.4 Å². The molecule has 1 aromatic carbocycles. The molecule has 0 radical (unpaired) electrons. The fourth-order valence-corrected chi connectivity index (χ4v) is 3.67. The van der Waals surface area contributed by atoms with E-state index in [-0.39, 0.29) is 24.8 Å². The Morgan fingerprint density at radius 1 is 1.31 bits per heavy atom. The molecule has 2 aromatic rings. The fraction of sp³-hybridized carbons (Fsp3) is 0.591. The Labute approximate surface area is 185 Å². The van der Waals surface area contributed by atoms with Crippen molar-refractivity contribution in [3.63, 3.8) is 0 Å². The van der Waals surface area contributed by atoms with Crippen molar-refractivity contribution >= 4 is 11.9 Å². The van der Waals surface area contributed by atoms with E-state index in [1.54, 1.807) is 0 Å². The molecule has 2 N–H and O–H groups in total. The largest absolute Gasteiger partial charge is 0.493 e. The van der Waals surface area contributed by atoms with Crippen LogP contribution in [-0.4, -0.2) is 54.0 Å². The van der Waals surface area contributed by atoms with E-state index in [4.69, 9.17) is 14.4 Å². The van der Waals surface area contributed by atoms with E-state index in [1.165, 1.54) is 0 Å². The molecular formula is C22H30F2N4O4. The standard InChI is InChI=1S/C22H30F2N4O4/c1-14(2)20-26-22(32-27-20)28-8-5-15(6-9-28)4-3-11-31-16-12-17(23)19(18(24)13-16)21(30)25-7-10-29/h12-15,29H,3-11H2,1-2H3,(H,25,30). The number of anilines is 1. The summed E-state index contributed by atoms with van der Waals surface area (Å²) < 4.78 is 39.1. The van der Waals surface area contributed by atoms with Crippen LogP contribution in [0.2, 0.25) is 0 Å². The van der Waals surface area contributed by atoms with Gasteiger partial charge in [0.05, 0.1) is 13.2 Å². The van der Waals surface area contributed by atoms with E-state index in [0.717, 1.165) is 50.9 Å². The number of amides is 1. The molecule has 0 bridgehead atoms. The number of carbonyl (C=O) groups excluding carboxylic acids is 1. The van der Waals surface area contributed by atoms with Gasteiger partial charge in [-0.15, -0.1) is 0 Å². The smallest absolute Gasteiger partial charge is 0.324 e. The molecule has 176 valence electrons. The first kappa shape index (κ1) is 23.9. The van der Waals surface area contributed by atoms with Crippen LogP contribution < -0.4 is 15.0 Å². The number of nitrogens with one attached hydrogen (secondary N) is 1. The summed E-state index contributed by atoms with van der Waals surface area (Å²) in [5.74, 6) is -1.38. The van der Waals surface area contributed by atoms with Crippen molar-refractivity contribution in [2.75, 3.05) is 37.7 Å². The van der Waals surface area contributed by atoms with Crippen LogP contribution in [0.25, 0.3) is 0 Å². The van der Waals surface area contributed by atoms with Crippen molar-refractivity contribution in [2.45, 2.75) is 45.4 Å². The number of benzene rings is 1. The van der Waals surface area contributed by atoms with Crippen LogP contribution in [0.1, 0.15) is 61.6 Å². The Morgan fingerprint density at radius 3 is 2.59 bits per heavy atom. The van der Waals surface area contributed by atoms with Crippen LogP contribution >= 0.6 is 0 Å². The molecule has 8 nitrogen and oxygen atoms in total. The number of nitrogens with zero attached hydrogens (tertiary/aromatic N) is 3. The lowest BCUT2D eigenvalue weighted by Crippen LogP contribution is -2.34. The van der Waals surface area contributed by atoms with Gasteiger partial charge >= 0.3 is 6.01 Å². The number of halogens is 2. The molecule has 1 fully saturated rings. The molecule has 0 atom stereocenters. The van der Waals surface area contributed by atoms with E-state index in [9.17, 15) is 13.6 Å². The molecule has 0 unspecified atom stereocenters. The van der Waals surface area contributed by atoms with Gasteiger partial charge in [0.15, 0.2) is 5.82 Å². The third kappa shape index (κ3) is 6.15. The molecule has 1 saturated heterocycles. The summed E-state index contributed by atoms with van der Waals surface area (Å²) in [4.78, 5) is 18.3. The number of hydrogen-bond acceptors (Lipinski definition) is 7. The van der Waals surface area contributed by atoms with Crippen molar-refractivity contribution in [3.05, 3.63) is 35.2 Å². The number of aliphatic hydroxyl groups excluding tert-OH is 1. The van der Waals surface area contributed by atoms with Crippen LogP contribution in [-0.2, 0) is 0 Å². The van der Waals surface area contributed by atoms with Gasteiger partial charge in [0.25, 0.3) is 5.91 Å². The SMILES string of the molecule is CC(C)c1noc(N2CCC(CCCOc3cc(F)c(C(=O)NCCO)c(F)c3)CC2)n1. The van der Waals surface area contributed by atoms with Crippen molar-refractivity contribution in [1.82, 2.24) is 15.5 Å². The summed E-state index contributed by atoms with van der Waals surface area (Å²) in [6, 6.07) is 2.59. The third-order valence-corrected chi connectivity index (χ3v) is 5.50. The molecule has 0 spiro atoms. The quantitative estimate of drug-likeness (QED) is 0.534. The summed E-state index contributed by atoms with van der Waals surface area (Å²) >= 11 is 0. The molecule has 10 heteroatoms. The topological polar surface area (TPSA) is 101 Å². The van der Waals surface area contributed by atoms with E-state index < -0.39 is 23.1 Å². The summed E-state index contributed by atoms with van der Waals surface area (Å²) in [7, 11) is 0. The maximum atomic E-state index is 14.1. The minimum Gasteiger partial charge on any atom is -0.493 e. The second-order valence-electron chi connectivity index (χ2n) is 8.25. The Kier molecular flexibility index (Phi) is 8.38. The van der Waals surface area contributed by atoms with Crippen LogP contribution in [0.15, 0.2) is 16.7 Å². The maximum absolute atomic E-state index is 14.1. The number of rotatable bonds is 10. The molecule has 3 rings (SSSR count). The van der Waals surface area contributed by atoms with Gasteiger partial charge in [0.2, 0.25) is 0 Å². The number of aliphatic hydroxyl groups is 1. The van der Waals surface area contributed by atoms with Gasteiger partial charge in [0, 0.05) is 37.7 Å². The molecular weight excluding hydrogens is 422 g/mol. The fourth-order valence-electron chi connectivity index (χ4n) is 3.67. The average Bonchev–Trinajstić information content (AvgIpc) is 3.26. The average molecular weight is 453 g/mol. The highest BCUT2D eigenvalue weighted by Crippen LogP contribution is 2.26. The maximum Gasteiger partial charge on any atom is 0.324 e. The zero-order valence-electron chi connectivity index (χ0n) is 18.4. The monoisotopic (exact) mass is 452 g/mol. The molecule has 1 aliphatic heterocycles. The number of carbonyl (C=O) groups is 1. The minimum atomic E-state index is -0.996. The highest BCUT2D eigenvalue weighted by atomic mass is 19.1. The highest BCUT2D eigenvalue weighted by Gasteiger charge is 2.23. The predicted molar refractivity (Wildman–Crippen MR) is 114 cm³/mol. The number of hydrogen-bond donors (Lipinski definition) is 2. The summed E-state index contributed by atoms with van der Waals surface area (Å²) in [5.41, 5.74) is -0.681. The first-order valence-electron chi connectivity index (χ1n) is 11.0. The van der Waals surface area contributed by atoms with Gasteiger partial charge in [-0.2, -0.15) is 4.98 Å². The predicted octanol–water partition coefficient (Wildman–Crippen LogP) is 3.27. The van der Waals surface area contributed by atoms with Crippen LogP contribution in [0, 0.1) is 17.6 Å². The minimum absolute atomic E-state index is 0.0471. The second-order valence-corrected chi connectivity index (χ2v) is 8.25. The molecule has 1 aromatic heterocycles. The van der Waals surface area contributed by atoms with Crippen molar-refractivity contribution in [2.24, 2.45) is 5.92 Å². The van der Waals surface area contributed by atoms with Crippen LogP contribution in [0.5, 0.6) is 5.75 Å². The van der Waals surface area contributed by atoms with Crippen molar-refractivity contribution in [1.29, 1.82) is 0 Å². The van der Waals surface area contributed by atoms with Crippen molar-refractivity contribution in [3.8, 4) is 5.75 Å². The summed E-state index contributed by atoms with van der Waals surface area (Å²) in [6.07, 6.45) is 3.70. The Morgan fingerprint density at radius 2 is 2.00 bits per heavy atom. The Hall–Kier alpha value is -2.75. The first-order valence-corrected chi connectivity index (χ1v) is 11.0. The zero-order valence-corrected chi connectivity index (χ0v) is 18.4. The molecule has 0 aliphatic carbocycles. The van der Waals surface area contributed by atoms with Gasteiger partial charge in [0.1, 0.15) is 22.9 Å². The number of piperidine rings is 1. The van der Waals surface area contributed by atoms with Gasteiger partial charge < -0.3 is 24.6 Å². The highest BCUT2D eigenvalue weighted by molar-refractivity contribution is 5.94. The zero-order chi connectivity index (χ0) is 23.1. The molecule has 1 aliphatic rings. The van der Waals surface area contributed by atoms with Gasteiger partial charge in [-0.1, -0.05) is 19.0 Å². The van der Waals surface area contributed by atoms with E-state index in [0.29, 0.717) is 24.4 Å². The summed E-state index contributed by atoms with van der Waals surface area (Å²) in [5, 5.41) is 15.0. The van der Waals surface area contributed by atoms with E-state index >= 15 is 0 Å². The van der Waals surface area contributed by atoms with E-state index in [1.807, 2.05) is 13.8 Å². The van der Waals surface area contributed by atoms with Crippen molar-refractivity contribution < 1.29 is 27.9 Å². The Bertz CT molecular complexity index is 875. The molecule has 0 saturated carbocycles. The second kappa shape index (κ2) is 11.2. The van der Waals surface area contributed by atoms with Crippen LogP contribution in [0.4, 0.5) is 14.8 Å². The van der Waals surface area contributed by atoms with Gasteiger partial charge in [-0.05, 0) is 31.6 Å². The summed E-state index contributed by atoms with van der Waals surface area (Å²) in [6.45, 7) is 5.68. The molecule has 2 heterocycles. The molecule has 32 heavy (non-hydrogen) atoms. The normalized spacial score (nSPS) is 14.8. The van der Waals surface area contributed by atoms with Gasteiger partial charge in [-0.25, -0.2) is 8.78 Å². The number of aromatic nitrogens is 2. The first-order chi connectivity index (χ1) is 15.4. The lowest BCUT2D eigenvalue weighted by molar-refractivity contribution is 0.0936.